The lowest BCUT2D eigenvalue weighted by Crippen LogP contribution is -2.13. The number of amides is 1. The van der Waals surface area contributed by atoms with Gasteiger partial charge in [-0.2, -0.15) is 5.10 Å². The molecule has 0 spiro atoms. The number of nitrogens with one attached hydrogen (secondary N) is 1. The van der Waals surface area contributed by atoms with E-state index >= 15 is 0 Å². The molecule has 5 nitrogen and oxygen atoms in total. The van der Waals surface area contributed by atoms with E-state index in [0.717, 1.165) is 27.2 Å². The summed E-state index contributed by atoms with van der Waals surface area (Å²) in [5, 5.41) is 7.17. The molecule has 6 heteroatoms. The maximum atomic E-state index is 12.5. The van der Waals surface area contributed by atoms with Crippen molar-refractivity contribution in [3.63, 3.8) is 0 Å². The molecule has 0 bridgehead atoms. The Balaban J connectivity index is 1.72. The molecule has 0 atom stereocenters. The highest BCUT2D eigenvalue weighted by Crippen LogP contribution is 2.23. The largest absolute Gasteiger partial charge is 0.491 e. The van der Waals surface area contributed by atoms with Gasteiger partial charge in [-0.25, -0.2) is 4.68 Å². The monoisotopic (exact) mass is 413 g/mol. The van der Waals surface area contributed by atoms with Crippen LogP contribution in [-0.2, 0) is 0 Å². The summed E-state index contributed by atoms with van der Waals surface area (Å²) in [6.45, 7) is 5.91. The number of benzene rings is 2. The van der Waals surface area contributed by atoms with Crippen LogP contribution in [-0.4, -0.2) is 21.8 Å². The predicted molar refractivity (Wildman–Crippen MR) is 106 cm³/mol. The predicted octanol–water partition coefficient (Wildman–Crippen LogP) is 4.98. The Bertz CT molecular complexity index is 917. The molecule has 0 saturated carbocycles. The first-order valence-corrected chi connectivity index (χ1v) is 9.11. The highest BCUT2D eigenvalue weighted by Gasteiger charge is 2.09. The van der Waals surface area contributed by atoms with Gasteiger partial charge in [0.2, 0.25) is 0 Å². The molecule has 0 unspecified atom stereocenters. The Morgan fingerprint density at radius 3 is 2.50 bits per heavy atom. The first-order chi connectivity index (χ1) is 12.4. The van der Waals surface area contributed by atoms with Crippen LogP contribution in [0.25, 0.3) is 5.69 Å². The lowest BCUT2D eigenvalue weighted by atomic mass is 10.1. The third kappa shape index (κ3) is 4.32. The molecule has 0 aliphatic heterocycles. The zero-order chi connectivity index (χ0) is 18.7. The number of hydrogen-bond acceptors (Lipinski definition) is 3. The zero-order valence-corrected chi connectivity index (χ0v) is 16.4. The van der Waals surface area contributed by atoms with Crippen molar-refractivity contribution in [2.45, 2.75) is 26.9 Å². The SMILES string of the molecule is Cc1cc(OC(C)C)ccc1NC(=O)c1ccc(-n2cc(Br)cn2)cc1. The first-order valence-electron chi connectivity index (χ1n) is 8.31. The molecule has 134 valence electrons. The van der Waals surface area contributed by atoms with Crippen LogP contribution < -0.4 is 10.1 Å². The Morgan fingerprint density at radius 1 is 1.19 bits per heavy atom. The molecular weight excluding hydrogens is 394 g/mol. The fraction of sp³-hybridized carbons (Fsp3) is 0.200. The molecule has 1 N–H and O–H groups in total. The van der Waals surface area contributed by atoms with Gasteiger partial charge in [-0.05, 0) is 84.7 Å². The van der Waals surface area contributed by atoms with E-state index in [1.807, 2.05) is 57.3 Å². The molecule has 1 amide bonds. The molecule has 0 fully saturated rings. The van der Waals surface area contributed by atoms with Crippen LogP contribution in [0.3, 0.4) is 0 Å². The van der Waals surface area contributed by atoms with E-state index in [1.165, 1.54) is 0 Å². The van der Waals surface area contributed by atoms with Crippen molar-refractivity contribution in [3.8, 4) is 11.4 Å². The Kier molecular flexibility index (Phi) is 5.42. The van der Waals surface area contributed by atoms with Gasteiger partial charge in [0.15, 0.2) is 0 Å². The number of rotatable bonds is 5. The van der Waals surface area contributed by atoms with Crippen molar-refractivity contribution in [1.29, 1.82) is 0 Å². The van der Waals surface area contributed by atoms with Gasteiger partial charge in [-0.15, -0.1) is 0 Å². The normalized spacial score (nSPS) is 10.8. The maximum absolute atomic E-state index is 12.5. The van der Waals surface area contributed by atoms with E-state index in [4.69, 9.17) is 4.74 Å². The van der Waals surface area contributed by atoms with E-state index in [9.17, 15) is 4.79 Å². The van der Waals surface area contributed by atoms with E-state index in [-0.39, 0.29) is 12.0 Å². The molecule has 26 heavy (non-hydrogen) atoms. The van der Waals surface area contributed by atoms with Crippen LogP contribution >= 0.6 is 15.9 Å². The molecule has 3 rings (SSSR count). The van der Waals surface area contributed by atoms with Crippen molar-refractivity contribution in [2.75, 3.05) is 5.32 Å². The van der Waals surface area contributed by atoms with Crippen molar-refractivity contribution < 1.29 is 9.53 Å². The van der Waals surface area contributed by atoms with Crippen LogP contribution in [0.1, 0.15) is 29.8 Å². The highest BCUT2D eigenvalue weighted by atomic mass is 79.9. The number of aryl methyl sites for hydroxylation is 1. The molecule has 2 aromatic carbocycles. The number of carbonyl (C=O) groups excluding carboxylic acids is 1. The quantitative estimate of drug-likeness (QED) is 0.641. The second kappa shape index (κ2) is 7.74. The van der Waals surface area contributed by atoms with Crippen LogP contribution in [0.2, 0.25) is 0 Å². The Morgan fingerprint density at radius 2 is 1.92 bits per heavy atom. The van der Waals surface area contributed by atoms with Gasteiger partial charge in [0.05, 0.1) is 22.5 Å². The van der Waals surface area contributed by atoms with Gasteiger partial charge in [0.1, 0.15) is 5.75 Å². The Labute approximate surface area is 161 Å². The molecule has 1 aromatic heterocycles. The van der Waals surface area contributed by atoms with E-state index in [1.54, 1.807) is 23.0 Å². The van der Waals surface area contributed by atoms with Crippen molar-refractivity contribution >= 4 is 27.5 Å². The molecule has 0 aliphatic carbocycles. The molecule has 1 heterocycles. The number of halogens is 1. The van der Waals surface area contributed by atoms with E-state index < -0.39 is 0 Å². The summed E-state index contributed by atoms with van der Waals surface area (Å²) < 4.78 is 8.31. The molecule has 3 aromatic rings. The van der Waals surface area contributed by atoms with Crippen LogP contribution in [0.4, 0.5) is 5.69 Å². The summed E-state index contributed by atoms with van der Waals surface area (Å²) in [6, 6.07) is 12.9. The van der Waals surface area contributed by atoms with Gasteiger partial charge in [0.25, 0.3) is 5.91 Å². The summed E-state index contributed by atoms with van der Waals surface area (Å²) in [5.74, 6) is 0.643. The van der Waals surface area contributed by atoms with Crippen molar-refractivity contribution in [1.82, 2.24) is 9.78 Å². The fourth-order valence-electron chi connectivity index (χ4n) is 2.52. The Hall–Kier alpha value is -2.60. The third-order valence-corrected chi connectivity index (χ3v) is 4.17. The lowest BCUT2D eigenvalue weighted by Gasteiger charge is -2.13. The fourth-order valence-corrected chi connectivity index (χ4v) is 2.81. The van der Waals surface area contributed by atoms with E-state index in [2.05, 4.69) is 26.3 Å². The molecule has 0 saturated heterocycles. The van der Waals surface area contributed by atoms with Gasteiger partial charge in [-0.3, -0.25) is 4.79 Å². The number of carbonyl (C=O) groups is 1. The summed E-state index contributed by atoms with van der Waals surface area (Å²) >= 11 is 3.37. The summed E-state index contributed by atoms with van der Waals surface area (Å²) in [5.41, 5.74) is 3.20. The second-order valence-corrected chi connectivity index (χ2v) is 7.16. The van der Waals surface area contributed by atoms with Gasteiger partial charge >= 0.3 is 0 Å². The van der Waals surface area contributed by atoms with Gasteiger partial charge in [0, 0.05) is 17.4 Å². The third-order valence-electron chi connectivity index (χ3n) is 3.76. The maximum Gasteiger partial charge on any atom is 0.255 e. The highest BCUT2D eigenvalue weighted by molar-refractivity contribution is 9.10. The summed E-state index contributed by atoms with van der Waals surface area (Å²) in [7, 11) is 0. The van der Waals surface area contributed by atoms with Crippen LogP contribution in [0, 0.1) is 6.92 Å². The second-order valence-electron chi connectivity index (χ2n) is 6.25. The minimum atomic E-state index is -0.154. The minimum Gasteiger partial charge on any atom is -0.491 e. The first kappa shape index (κ1) is 18.2. The van der Waals surface area contributed by atoms with Crippen molar-refractivity contribution in [2.24, 2.45) is 0 Å². The average molecular weight is 414 g/mol. The van der Waals surface area contributed by atoms with Crippen LogP contribution in [0.15, 0.2) is 59.3 Å². The van der Waals surface area contributed by atoms with E-state index in [0.29, 0.717) is 5.56 Å². The summed E-state index contributed by atoms with van der Waals surface area (Å²) in [4.78, 5) is 12.5. The smallest absolute Gasteiger partial charge is 0.255 e. The summed E-state index contributed by atoms with van der Waals surface area (Å²) in [6.07, 6.45) is 3.69. The number of hydrogen-bond donors (Lipinski definition) is 1. The number of aromatic nitrogens is 2. The minimum absolute atomic E-state index is 0.115. The molecular formula is C20H20BrN3O2. The number of nitrogens with zero attached hydrogens (tertiary/aromatic N) is 2. The zero-order valence-electron chi connectivity index (χ0n) is 14.9. The average Bonchev–Trinajstić information content (AvgIpc) is 3.03. The molecule has 0 aliphatic rings. The molecule has 0 radical (unpaired) electrons. The van der Waals surface area contributed by atoms with Crippen LogP contribution in [0.5, 0.6) is 5.75 Å². The van der Waals surface area contributed by atoms with Gasteiger partial charge in [-0.1, -0.05) is 0 Å². The number of ether oxygens (including phenoxy) is 1. The lowest BCUT2D eigenvalue weighted by molar-refractivity contribution is 0.102. The topological polar surface area (TPSA) is 56.1 Å². The van der Waals surface area contributed by atoms with Gasteiger partial charge < -0.3 is 10.1 Å². The van der Waals surface area contributed by atoms with Crippen molar-refractivity contribution in [3.05, 3.63) is 70.5 Å². The standard InChI is InChI=1S/C20H20BrN3O2/c1-13(2)26-18-8-9-19(14(3)10-18)23-20(25)15-4-6-17(7-5-15)24-12-16(21)11-22-24/h4-13H,1-3H3,(H,23,25). The number of anilines is 1.